The van der Waals surface area contributed by atoms with E-state index < -0.39 is 58.6 Å². The Bertz CT molecular complexity index is 871. The minimum atomic E-state index is -4.08. The van der Waals surface area contributed by atoms with Gasteiger partial charge in [0.05, 0.1) is 19.5 Å². The number of halogens is 2. The number of nitrogens with zero attached hydrogens (tertiary/aromatic N) is 2. The maximum absolute atomic E-state index is 15.3. The number of methoxy groups -OCH3 is 1. The highest BCUT2D eigenvalue weighted by atomic mass is 32.2. The quantitative estimate of drug-likeness (QED) is 0.666. The number of ether oxygens (including phenoxy) is 2. The molecule has 0 spiro atoms. The van der Waals surface area contributed by atoms with E-state index in [2.05, 4.69) is 0 Å². The molecule has 0 saturated carbocycles. The molecule has 1 aliphatic heterocycles. The lowest BCUT2D eigenvalue weighted by atomic mass is 10.1. The van der Waals surface area contributed by atoms with E-state index in [1.165, 1.54) is 14.0 Å². The van der Waals surface area contributed by atoms with Gasteiger partial charge in [0.2, 0.25) is 10.0 Å². The molecule has 8 nitrogen and oxygen atoms in total. The van der Waals surface area contributed by atoms with Crippen molar-refractivity contribution in [1.82, 2.24) is 9.21 Å². The van der Waals surface area contributed by atoms with Crippen LogP contribution in [0.25, 0.3) is 0 Å². The van der Waals surface area contributed by atoms with E-state index in [1.807, 2.05) is 0 Å². The Morgan fingerprint density at radius 3 is 2.32 bits per heavy atom. The van der Waals surface area contributed by atoms with Gasteiger partial charge in [-0.3, -0.25) is 4.90 Å². The number of hydrogen-bond donors (Lipinski definition) is 1. The molecule has 1 heterocycles. The van der Waals surface area contributed by atoms with Crippen LogP contribution in [0.2, 0.25) is 0 Å². The zero-order valence-electron chi connectivity index (χ0n) is 18.3. The van der Waals surface area contributed by atoms with Crippen LogP contribution in [0.15, 0.2) is 24.3 Å². The van der Waals surface area contributed by atoms with E-state index in [9.17, 15) is 18.3 Å². The van der Waals surface area contributed by atoms with Crippen LogP contribution in [0.4, 0.5) is 13.6 Å². The summed E-state index contributed by atoms with van der Waals surface area (Å²) in [5.74, 6) is -3.55. The molecule has 1 N–H and O–H groups in total. The Morgan fingerprint density at radius 1 is 1.29 bits per heavy atom. The highest BCUT2D eigenvalue weighted by Gasteiger charge is 2.61. The first kappa shape index (κ1) is 25.3. The molecule has 0 aromatic heterocycles. The number of benzene rings is 1. The number of carbonyl (C=O) groups excluding carboxylic acids is 1. The van der Waals surface area contributed by atoms with E-state index in [1.54, 1.807) is 45.0 Å². The number of alkyl halides is 2. The van der Waals surface area contributed by atoms with Crippen LogP contribution in [0.5, 0.6) is 5.75 Å². The summed E-state index contributed by atoms with van der Waals surface area (Å²) in [5.41, 5.74) is -0.465. The van der Waals surface area contributed by atoms with Gasteiger partial charge in [0.15, 0.2) is 0 Å². The second-order valence-electron chi connectivity index (χ2n) is 8.32. The molecule has 2 atom stereocenters. The summed E-state index contributed by atoms with van der Waals surface area (Å²) in [7, 11) is -2.61. The first-order chi connectivity index (χ1) is 14.3. The topological polar surface area (TPSA) is 96.4 Å². The monoisotopic (exact) mass is 464 g/mol. The summed E-state index contributed by atoms with van der Waals surface area (Å²) in [5, 5.41) is 9.61. The number of likely N-dealkylation sites (tertiary alicyclic amines) is 1. The number of hydrogen-bond acceptors (Lipinski definition) is 6. The van der Waals surface area contributed by atoms with E-state index in [4.69, 9.17) is 9.47 Å². The third-order valence-corrected chi connectivity index (χ3v) is 6.83. The molecule has 1 fully saturated rings. The van der Waals surface area contributed by atoms with Crippen LogP contribution in [-0.2, 0) is 21.3 Å². The molecule has 1 aromatic rings. The van der Waals surface area contributed by atoms with Gasteiger partial charge in [-0.1, -0.05) is 12.1 Å². The molecule has 1 saturated heterocycles. The minimum Gasteiger partial charge on any atom is -0.497 e. The van der Waals surface area contributed by atoms with E-state index >= 15 is 8.78 Å². The van der Waals surface area contributed by atoms with Crippen LogP contribution in [0, 0.1) is 0 Å². The maximum atomic E-state index is 15.3. The predicted molar refractivity (Wildman–Crippen MR) is 111 cm³/mol. The SMILES string of the molecule is CCS(=O)(=O)N(Cc1ccc(OC)cc1)[C@@H]1CN(C(=O)OC(C)(C)C)[C@H](CO)C1(F)F. The van der Waals surface area contributed by atoms with Gasteiger partial charge in [0.25, 0.3) is 5.92 Å². The fraction of sp³-hybridized carbons (Fsp3) is 0.650. The largest absolute Gasteiger partial charge is 0.497 e. The second-order valence-corrected chi connectivity index (χ2v) is 10.5. The van der Waals surface area contributed by atoms with Crippen LogP contribution < -0.4 is 4.74 Å². The smallest absolute Gasteiger partial charge is 0.410 e. The highest BCUT2D eigenvalue weighted by Crippen LogP contribution is 2.39. The van der Waals surface area contributed by atoms with E-state index in [0.29, 0.717) is 20.5 Å². The molecule has 0 aliphatic carbocycles. The first-order valence-corrected chi connectivity index (χ1v) is 11.5. The maximum Gasteiger partial charge on any atom is 0.410 e. The van der Waals surface area contributed by atoms with Crippen molar-refractivity contribution >= 4 is 16.1 Å². The van der Waals surface area contributed by atoms with Gasteiger partial charge in [0, 0.05) is 13.1 Å². The molecular formula is C20H30F2N2O6S. The second kappa shape index (κ2) is 9.25. The predicted octanol–water partition coefficient (Wildman–Crippen LogP) is 2.46. The third kappa shape index (κ3) is 5.64. The molecule has 31 heavy (non-hydrogen) atoms. The number of aliphatic hydroxyl groups is 1. The van der Waals surface area contributed by atoms with E-state index in [-0.39, 0.29) is 6.54 Å². The van der Waals surface area contributed by atoms with Gasteiger partial charge in [-0.05, 0) is 45.4 Å². The molecule has 0 radical (unpaired) electrons. The summed E-state index contributed by atoms with van der Waals surface area (Å²) in [6, 6.07) is 2.60. The molecule has 1 amide bonds. The lowest BCUT2D eigenvalue weighted by molar-refractivity contribution is -0.0808. The van der Waals surface area contributed by atoms with Gasteiger partial charge in [-0.2, -0.15) is 4.31 Å². The van der Waals surface area contributed by atoms with Crippen molar-refractivity contribution in [1.29, 1.82) is 0 Å². The Hall–Kier alpha value is -1.98. The zero-order valence-corrected chi connectivity index (χ0v) is 19.2. The lowest BCUT2D eigenvalue weighted by Crippen LogP contribution is -2.53. The van der Waals surface area contributed by atoms with Crippen LogP contribution in [0.3, 0.4) is 0 Å². The number of rotatable bonds is 7. The van der Waals surface area contributed by atoms with Crippen LogP contribution in [0.1, 0.15) is 33.3 Å². The Kier molecular flexibility index (Phi) is 7.55. The van der Waals surface area contributed by atoms with Crippen molar-refractivity contribution in [3.63, 3.8) is 0 Å². The standard InChI is InChI=1S/C20H30F2N2O6S/c1-6-31(27,28)24(11-14-7-9-15(29-5)10-8-14)16-12-23(17(13-25)20(16,21)22)18(26)30-19(2,3)4/h7-10,16-17,25H,6,11-13H2,1-5H3/t16-,17-/m1/s1. The van der Waals surface area contributed by atoms with Gasteiger partial charge in [0.1, 0.15) is 23.4 Å². The van der Waals surface area contributed by atoms with Crippen molar-refractivity contribution in [3.05, 3.63) is 29.8 Å². The molecule has 0 bridgehead atoms. The van der Waals surface area contributed by atoms with Crippen LogP contribution in [-0.4, -0.2) is 78.4 Å². The normalized spacial score (nSPS) is 21.4. The first-order valence-electron chi connectivity index (χ1n) is 9.87. The molecule has 1 aliphatic rings. The van der Waals surface area contributed by atoms with Crippen molar-refractivity contribution in [2.45, 2.75) is 57.8 Å². The molecule has 11 heteroatoms. The fourth-order valence-corrected chi connectivity index (χ4v) is 4.64. The Labute approximate surface area is 181 Å². The summed E-state index contributed by atoms with van der Waals surface area (Å²) in [6.07, 6.45) is -1.04. The summed E-state index contributed by atoms with van der Waals surface area (Å²) >= 11 is 0. The summed E-state index contributed by atoms with van der Waals surface area (Å²) in [4.78, 5) is 13.2. The number of sulfonamides is 1. The lowest BCUT2D eigenvalue weighted by Gasteiger charge is -2.32. The average Bonchev–Trinajstić information content (AvgIpc) is 2.95. The van der Waals surface area contributed by atoms with Crippen LogP contribution >= 0.6 is 0 Å². The Balaban J connectivity index is 2.42. The van der Waals surface area contributed by atoms with Crippen molar-refractivity contribution < 1.29 is 36.6 Å². The van der Waals surface area contributed by atoms with Crippen molar-refractivity contribution in [2.75, 3.05) is 26.0 Å². The molecule has 0 unspecified atom stereocenters. The van der Waals surface area contributed by atoms with Gasteiger partial charge < -0.3 is 14.6 Å². The number of carbonyl (C=O) groups is 1. The van der Waals surface area contributed by atoms with Gasteiger partial charge in [-0.15, -0.1) is 0 Å². The Morgan fingerprint density at radius 2 is 1.87 bits per heavy atom. The van der Waals surface area contributed by atoms with Gasteiger partial charge in [-0.25, -0.2) is 22.0 Å². The molecule has 1 aromatic carbocycles. The molecule has 176 valence electrons. The molecular weight excluding hydrogens is 434 g/mol. The molecule has 2 rings (SSSR count). The van der Waals surface area contributed by atoms with E-state index in [0.717, 1.165) is 0 Å². The van der Waals surface area contributed by atoms with Crippen molar-refractivity contribution in [2.24, 2.45) is 0 Å². The minimum absolute atomic E-state index is 0.319. The number of amides is 1. The summed E-state index contributed by atoms with van der Waals surface area (Å²) < 4.78 is 67.2. The average molecular weight is 465 g/mol. The summed E-state index contributed by atoms with van der Waals surface area (Å²) in [6.45, 7) is 4.15. The third-order valence-electron chi connectivity index (χ3n) is 5.00. The van der Waals surface area contributed by atoms with Crippen molar-refractivity contribution in [3.8, 4) is 5.75 Å². The van der Waals surface area contributed by atoms with Gasteiger partial charge >= 0.3 is 6.09 Å². The number of aliphatic hydroxyl groups excluding tert-OH is 1. The fourth-order valence-electron chi connectivity index (χ4n) is 3.37. The zero-order chi connectivity index (χ0) is 23.6. The highest BCUT2D eigenvalue weighted by molar-refractivity contribution is 7.89.